The Morgan fingerprint density at radius 3 is 2.94 bits per heavy atom. The molecular formula is C13H12N2O2. The standard InChI is InChI=1S/C13H12N2O2/c1-7-4-8-5-9(6-14)17-13(8)10-2-3-11(16)15-12(7)10/h2-5H,6,14H2,1H3,(H,15,16). The van der Waals surface area contributed by atoms with E-state index in [0.717, 1.165) is 33.2 Å². The normalized spacial score (nSPS) is 11.4. The monoisotopic (exact) mass is 228 g/mol. The minimum Gasteiger partial charge on any atom is -0.459 e. The number of benzene rings is 1. The predicted molar refractivity (Wildman–Crippen MR) is 67.0 cm³/mol. The van der Waals surface area contributed by atoms with E-state index in [2.05, 4.69) is 4.98 Å². The van der Waals surface area contributed by atoms with E-state index in [1.165, 1.54) is 6.07 Å². The van der Waals surface area contributed by atoms with Gasteiger partial charge >= 0.3 is 0 Å². The number of pyridine rings is 1. The first kappa shape index (κ1) is 10.1. The molecule has 3 rings (SSSR count). The molecule has 0 bridgehead atoms. The second-order valence-corrected chi connectivity index (χ2v) is 4.14. The van der Waals surface area contributed by atoms with Crippen LogP contribution in [-0.4, -0.2) is 4.98 Å². The number of furan rings is 1. The summed E-state index contributed by atoms with van der Waals surface area (Å²) in [6, 6.07) is 7.22. The summed E-state index contributed by atoms with van der Waals surface area (Å²) in [6.07, 6.45) is 0. The number of aromatic nitrogens is 1. The van der Waals surface area contributed by atoms with E-state index in [9.17, 15) is 4.79 Å². The van der Waals surface area contributed by atoms with Crippen LogP contribution in [0.4, 0.5) is 0 Å². The van der Waals surface area contributed by atoms with E-state index >= 15 is 0 Å². The predicted octanol–water partition coefficient (Wildman–Crippen LogP) is 2.04. The lowest BCUT2D eigenvalue weighted by molar-refractivity contribution is 0.555. The highest BCUT2D eigenvalue weighted by Gasteiger charge is 2.09. The summed E-state index contributed by atoms with van der Waals surface area (Å²) >= 11 is 0. The Morgan fingerprint density at radius 1 is 1.35 bits per heavy atom. The summed E-state index contributed by atoms with van der Waals surface area (Å²) in [7, 11) is 0. The first-order valence-corrected chi connectivity index (χ1v) is 5.44. The average Bonchev–Trinajstić information content (AvgIpc) is 2.72. The molecule has 17 heavy (non-hydrogen) atoms. The fraction of sp³-hybridized carbons (Fsp3) is 0.154. The van der Waals surface area contributed by atoms with Gasteiger partial charge in [-0.15, -0.1) is 0 Å². The van der Waals surface area contributed by atoms with Gasteiger partial charge in [0.15, 0.2) is 0 Å². The van der Waals surface area contributed by atoms with Gasteiger partial charge < -0.3 is 15.1 Å². The maximum absolute atomic E-state index is 11.3. The third-order valence-electron chi connectivity index (χ3n) is 2.94. The topological polar surface area (TPSA) is 72.0 Å². The molecule has 0 fully saturated rings. The number of aromatic amines is 1. The second kappa shape index (κ2) is 3.46. The lowest BCUT2D eigenvalue weighted by Crippen LogP contribution is -2.03. The van der Waals surface area contributed by atoms with Crippen molar-refractivity contribution in [3.8, 4) is 0 Å². The van der Waals surface area contributed by atoms with Gasteiger partial charge in [0.1, 0.15) is 11.3 Å². The van der Waals surface area contributed by atoms with Crippen LogP contribution in [0.15, 0.2) is 33.5 Å². The molecule has 86 valence electrons. The van der Waals surface area contributed by atoms with Gasteiger partial charge in [0, 0.05) is 16.8 Å². The van der Waals surface area contributed by atoms with Crippen LogP contribution in [0.25, 0.3) is 21.9 Å². The molecule has 0 radical (unpaired) electrons. The van der Waals surface area contributed by atoms with Gasteiger partial charge in [-0.1, -0.05) is 0 Å². The van der Waals surface area contributed by atoms with Crippen molar-refractivity contribution in [2.24, 2.45) is 5.73 Å². The zero-order valence-corrected chi connectivity index (χ0v) is 9.41. The van der Waals surface area contributed by atoms with Crippen molar-refractivity contribution in [3.05, 3.63) is 45.9 Å². The number of rotatable bonds is 1. The summed E-state index contributed by atoms with van der Waals surface area (Å²) in [5.74, 6) is 0.748. The van der Waals surface area contributed by atoms with Crippen molar-refractivity contribution in [2.75, 3.05) is 0 Å². The third-order valence-corrected chi connectivity index (χ3v) is 2.94. The molecule has 0 atom stereocenters. The summed E-state index contributed by atoms with van der Waals surface area (Å²) < 4.78 is 5.68. The molecule has 1 aromatic carbocycles. The number of H-pyrrole nitrogens is 1. The number of fused-ring (bicyclic) bond motifs is 3. The molecule has 0 aliphatic heterocycles. The molecule has 4 nitrogen and oxygen atoms in total. The SMILES string of the molecule is Cc1cc2cc(CN)oc2c2ccc(=O)[nH]c12. The van der Waals surface area contributed by atoms with Crippen LogP contribution in [0.2, 0.25) is 0 Å². The molecule has 0 spiro atoms. The van der Waals surface area contributed by atoms with E-state index in [1.54, 1.807) is 6.07 Å². The van der Waals surface area contributed by atoms with Crippen molar-refractivity contribution >= 4 is 21.9 Å². The maximum Gasteiger partial charge on any atom is 0.248 e. The molecule has 0 saturated heterocycles. The molecule has 0 saturated carbocycles. The Balaban J connectivity index is 2.53. The Labute approximate surface area is 97.0 Å². The van der Waals surface area contributed by atoms with Crippen LogP contribution in [0.5, 0.6) is 0 Å². The first-order chi connectivity index (χ1) is 8.19. The molecule has 0 aliphatic carbocycles. The number of nitrogens with two attached hydrogens (primary N) is 1. The number of hydrogen-bond donors (Lipinski definition) is 2. The van der Waals surface area contributed by atoms with E-state index in [0.29, 0.717) is 6.54 Å². The Bertz CT molecular complexity index is 768. The molecule has 2 heterocycles. The highest BCUT2D eigenvalue weighted by atomic mass is 16.3. The smallest absolute Gasteiger partial charge is 0.248 e. The number of aryl methyl sites for hydroxylation is 1. The fourth-order valence-electron chi connectivity index (χ4n) is 2.16. The minimum atomic E-state index is -0.106. The molecule has 3 N–H and O–H groups in total. The summed E-state index contributed by atoms with van der Waals surface area (Å²) in [5, 5.41) is 1.93. The Hall–Kier alpha value is -2.07. The van der Waals surface area contributed by atoms with Crippen LogP contribution in [0, 0.1) is 6.92 Å². The maximum atomic E-state index is 11.3. The summed E-state index contributed by atoms with van der Waals surface area (Å²) in [6.45, 7) is 2.34. The lowest BCUT2D eigenvalue weighted by atomic mass is 10.1. The fourth-order valence-corrected chi connectivity index (χ4v) is 2.16. The van der Waals surface area contributed by atoms with E-state index in [1.807, 2.05) is 19.1 Å². The lowest BCUT2D eigenvalue weighted by Gasteiger charge is -2.02. The molecular weight excluding hydrogens is 216 g/mol. The molecule has 0 amide bonds. The molecule has 3 aromatic rings. The average molecular weight is 228 g/mol. The number of nitrogens with one attached hydrogen (secondary N) is 1. The highest BCUT2D eigenvalue weighted by Crippen LogP contribution is 2.28. The second-order valence-electron chi connectivity index (χ2n) is 4.14. The van der Waals surface area contributed by atoms with Crippen molar-refractivity contribution in [1.82, 2.24) is 4.98 Å². The van der Waals surface area contributed by atoms with Gasteiger partial charge in [-0.25, -0.2) is 0 Å². The Morgan fingerprint density at radius 2 is 2.18 bits per heavy atom. The van der Waals surface area contributed by atoms with Crippen molar-refractivity contribution < 1.29 is 4.42 Å². The van der Waals surface area contributed by atoms with Gasteiger partial charge in [-0.2, -0.15) is 0 Å². The van der Waals surface area contributed by atoms with Crippen LogP contribution < -0.4 is 11.3 Å². The Kier molecular flexibility index (Phi) is 2.06. The van der Waals surface area contributed by atoms with Gasteiger partial charge in [0.25, 0.3) is 0 Å². The highest BCUT2D eigenvalue weighted by molar-refractivity contribution is 6.04. The van der Waals surface area contributed by atoms with Crippen LogP contribution in [0.1, 0.15) is 11.3 Å². The van der Waals surface area contributed by atoms with Gasteiger partial charge in [0.05, 0.1) is 12.1 Å². The van der Waals surface area contributed by atoms with Crippen LogP contribution in [0.3, 0.4) is 0 Å². The van der Waals surface area contributed by atoms with Crippen molar-refractivity contribution in [1.29, 1.82) is 0 Å². The summed E-state index contributed by atoms with van der Waals surface area (Å²) in [4.78, 5) is 14.2. The van der Waals surface area contributed by atoms with Crippen LogP contribution in [-0.2, 0) is 6.54 Å². The van der Waals surface area contributed by atoms with E-state index in [-0.39, 0.29) is 5.56 Å². The van der Waals surface area contributed by atoms with Crippen molar-refractivity contribution in [3.63, 3.8) is 0 Å². The van der Waals surface area contributed by atoms with E-state index < -0.39 is 0 Å². The van der Waals surface area contributed by atoms with Crippen LogP contribution >= 0.6 is 0 Å². The molecule has 2 aromatic heterocycles. The minimum absolute atomic E-state index is 0.106. The van der Waals surface area contributed by atoms with E-state index in [4.69, 9.17) is 10.2 Å². The summed E-state index contributed by atoms with van der Waals surface area (Å²) in [5.41, 5.74) is 8.09. The quantitative estimate of drug-likeness (QED) is 0.669. The third kappa shape index (κ3) is 1.45. The van der Waals surface area contributed by atoms with Gasteiger partial charge in [-0.3, -0.25) is 4.79 Å². The largest absolute Gasteiger partial charge is 0.459 e. The molecule has 4 heteroatoms. The molecule has 0 unspecified atom stereocenters. The number of hydrogen-bond acceptors (Lipinski definition) is 3. The van der Waals surface area contributed by atoms with Gasteiger partial charge in [-0.05, 0) is 30.7 Å². The molecule has 0 aliphatic rings. The zero-order valence-electron chi connectivity index (χ0n) is 9.41. The first-order valence-electron chi connectivity index (χ1n) is 5.44. The van der Waals surface area contributed by atoms with Gasteiger partial charge in [0.2, 0.25) is 5.56 Å². The van der Waals surface area contributed by atoms with Crippen molar-refractivity contribution in [2.45, 2.75) is 13.5 Å². The zero-order chi connectivity index (χ0) is 12.0.